The number of rotatable bonds is 5. The minimum Gasteiger partial charge on any atom is -0.481 e. The molecule has 0 bridgehead atoms. The van der Waals surface area contributed by atoms with Crippen LogP contribution in [0.5, 0.6) is 0 Å². The maximum absolute atomic E-state index is 12.3. The monoisotopic (exact) mass is 294 g/mol. The predicted molar refractivity (Wildman–Crippen MR) is 76.0 cm³/mol. The van der Waals surface area contributed by atoms with Crippen LogP contribution in [-0.4, -0.2) is 28.7 Å². The Labute approximate surface area is 123 Å². The van der Waals surface area contributed by atoms with Crippen molar-refractivity contribution in [2.24, 2.45) is 11.8 Å². The van der Waals surface area contributed by atoms with Gasteiger partial charge < -0.3 is 14.9 Å². The Morgan fingerprint density at radius 3 is 2.76 bits per heavy atom. The lowest BCUT2D eigenvalue weighted by Gasteiger charge is -2.28. The van der Waals surface area contributed by atoms with E-state index >= 15 is 0 Å². The molecule has 21 heavy (non-hydrogen) atoms. The van der Waals surface area contributed by atoms with Crippen LogP contribution < -0.4 is 5.32 Å². The second-order valence-electron chi connectivity index (χ2n) is 5.61. The lowest BCUT2D eigenvalue weighted by Crippen LogP contribution is -2.37. The van der Waals surface area contributed by atoms with Gasteiger partial charge in [-0.1, -0.05) is 24.9 Å². The van der Waals surface area contributed by atoms with Crippen molar-refractivity contribution in [3.8, 4) is 0 Å². The maximum Gasteiger partial charge on any atom is 0.306 e. The fraction of sp³-hybridized carbons (Fsp3) is 0.667. The molecule has 2 atom stereocenters. The van der Waals surface area contributed by atoms with Crippen molar-refractivity contribution < 1.29 is 19.2 Å². The summed E-state index contributed by atoms with van der Waals surface area (Å²) in [5.41, 5.74) is 1.13. The summed E-state index contributed by atoms with van der Waals surface area (Å²) in [6.07, 6.45) is 4.15. The third-order valence-corrected chi connectivity index (χ3v) is 4.25. The summed E-state index contributed by atoms with van der Waals surface area (Å²) >= 11 is 0. The van der Waals surface area contributed by atoms with Crippen molar-refractivity contribution >= 4 is 11.9 Å². The molecule has 1 amide bonds. The summed E-state index contributed by atoms with van der Waals surface area (Å²) in [6.45, 7) is 4.01. The van der Waals surface area contributed by atoms with Gasteiger partial charge in [-0.15, -0.1) is 0 Å². The number of aryl methyl sites for hydroxylation is 2. The van der Waals surface area contributed by atoms with Crippen molar-refractivity contribution in [2.75, 3.05) is 6.54 Å². The molecule has 1 aliphatic carbocycles. The van der Waals surface area contributed by atoms with Gasteiger partial charge in [-0.2, -0.15) is 0 Å². The number of nitrogens with one attached hydrogen (secondary N) is 1. The summed E-state index contributed by atoms with van der Waals surface area (Å²) in [7, 11) is 0. The minimum atomic E-state index is -0.760. The second-order valence-corrected chi connectivity index (χ2v) is 5.61. The van der Waals surface area contributed by atoms with E-state index in [9.17, 15) is 14.7 Å². The van der Waals surface area contributed by atoms with E-state index in [1.165, 1.54) is 0 Å². The second kappa shape index (κ2) is 6.74. The van der Waals surface area contributed by atoms with Crippen molar-refractivity contribution in [3.05, 3.63) is 17.0 Å². The standard InChI is InChI=1S/C15H22N2O4/c1-3-12-13(9(2)21-17-12)14(18)16-8-10-6-4-5-7-11(10)15(19)20/h10-11H,3-8H2,1-2H3,(H,16,18)(H,19,20). The van der Waals surface area contributed by atoms with Crippen LogP contribution in [0.25, 0.3) is 0 Å². The van der Waals surface area contributed by atoms with Crippen LogP contribution in [0.4, 0.5) is 0 Å². The molecule has 1 fully saturated rings. The highest BCUT2D eigenvalue weighted by atomic mass is 16.5. The third kappa shape index (κ3) is 3.43. The normalized spacial score (nSPS) is 22.0. The molecule has 1 saturated carbocycles. The van der Waals surface area contributed by atoms with Crippen LogP contribution in [-0.2, 0) is 11.2 Å². The van der Waals surface area contributed by atoms with Crippen LogP contribution >= 0.6 is 0 Å². The average molecular weight is 294 g/mol. The van der Waals surface area contributed by atoms with Crippen LogP contribution in [0, 0.1) is 18.8 Å². The Balaban J connectivity index is 2.00. The topological polar surface area (TPSA) is 92.4 Å². The van der Waals surface area contributed by atoms with Gasteiger partial charge >= 0.3 is 5.97 Å². The largest absolute Gasteiger partial charge is 0.481 e. The molecular weight excluding hydrogens is 272 g/mol. The maximum atomic E-state index is 12.3. The van der Waals surface area contributed by atoms with Crippen molar-refractivity contribution in [3.63, 3.8) is 0 Å². The molecule has 6 heteroatoms. The number of hydrogen-bond donors (Lipinski definition) is 2. The van der Waals surface area contributed by atoms with Gasteiger partial charge in [0.1, 0.15) is 11.3 Å². The highest BCUT2D eigenvalue weighted by Gasteiger charge is 2.31. The van der Waals surface area contributed by atoms with E-state index in [4.69, 9.17) is 4.52 Å². The molecule has 2 unspecified atom stereocenters. The van der Waals surface area contributed by atoms with Crippen LogP contribution in [0.3, 0.4) is 0 Å². The summed E-state index contributed by atoms with van der Waals surface area (Å²) in [5, 5.41) is 16.0. The molecule has 1 aromatic heterocycles. The highest BCUT2D eigenvalue weighted by molar-refractivity contribution is 5.96. The zero-order valence-electron chi connectivity index (χ0n) is 12.5. The van der Waals surface area contributed by atoms with Gasteiger partial charge in [-0.05, 0) is 32.1 Å². The first kappa shape index (κ1) is 15.5. The van der Waals surface area contributed by atoms with Crippen LogP contribution in [0.2, 0.25) is 0 Å². The Bertz CT molecular complexity index is 524. The average Bonchev–Trinajstić information content (AvgIpc) is 2.86. The summed E-state index contributed by atoms with van der Waals surface area (Å²) in [6, 6.07) is 0. The van der Waals surface area contributed by atoms with Gasteiger partial charge in [-0.3, -0.25) is 9.59 Å². The van der Waals surface area contributed by atoms with Crippen molar-refractivity contribution in [2.45, 2.75) is 46.0 Å². The van der Waals surface area contributed by atoms with E-state index in [1.807, 2.05) is 6.92 Å². The third-order valence-electron chi connectivity index (χ3n) is 4.25. The number of carboxylic acid groups (broad SMARTS) is 1. The molecule has 0 saturated heterocycles. The molecule has 0 aliphatic heterocycles. The van der Waals surface area contributed by atoms with E-state index in [0.29, 0.717) is 36.4 Å². The molecule has 0 radical (unpaired) electrons. The summed E-state index contributed by atoms with van der Waals surface area (Å²) in [4.78, 5) is 23.5. The lowest BCUT2D eigenvalue weighted by atomic mass is 9.79. The number of carbonyl (C=O) groups excluding carboxylic acids is 1. The smallest absolute Gasteiger partial charge is 0.306 e. The first-order valence-electron chi connectivity index (χ1n) is 7.50. The van der Waals surface area contributed by atoms with E-state index in [-0.39, 0.29) is 17.7 Å². The molecule has 2 rings (SSSR count). The molecule has 0 aromatic carbocycles. The quantitative estimate of drug-likeness (QED) is 0.868. The molecule has 1 aromatic rings. The van der Waals surface area contributed by atoms with E-state index in [1.54, 1.807) is 6.92 Å². The summed E-state index contributed by atoms with van der Waals surface area (Å²) < 4.78 is 5.05. The zero-order valence-corrected chi connectivity index (χ0v) is 12.5. The fourth-order valence-electron chi connectivity index (χ4n) is 3.04. The van der Waals surface area contributed by atoms with Gasteiger partial charge in [-0.25, -0.2) is 0 Å². The molecule has 1 aliphatic rings. The van der Waals surface area contributed by atoms with Gasteiger partial charge in [0.2, 0.25) is 0 Å². The molecule has 6 nitrogen and oxygen atoms in total. The van der Waals surface area contributed by atoms with E-state index in [0.717, 1.165) is 19.3 Å². The molecule has 1 heterocycles. The first-order valence-corrected chi connectivity index (χ1v) is 7.50. The number of nitrogens with zero attached hydrogens (tertiary/aromatic N) is 1. The van der Waals surface area contributed by atoms with E-state index in [2.05, 4.69) is 10.5 Å². The van der Waals surface area contributed by atoms with E-state index < -0.39 is 5.97 Å². The molecule has 0 spiro atoms. The number of carboxylic acids is 1. The Hall–Kier alpha value is -1.85. The number of carbonyl (C=O) groups is 2. The van der Waals surface area contributed by atoms with Crippen LogP contribution in [0.15, 0.2) is 4.52 Å². The van der Waals surface area contributed by atoms with Crippen molar-refractivity contribution in [1.82, 2.24) is 10.5 Å². The Morgan fingerprint density at radius 2 is 2.10 bits per heavy atom. The Kier molecular flexibility index (Phi) is 4.98. The first-order chi connectivity index (χ1) is 10.0. The Morgan fingerprint density at radius 1 is 1.38 bits per heavy atom. The number of aliphatic carboxylic acids is 1. The molecular formula is C15H22N2O4. The zero-order chi connectivity index (χ0) is 15.4. The predicted octanol–water partition coefficient (Wildman–Crippen LogP) is 2.17. The molecule has 116 valence electrons. The number of hydrogen-bond acceptors (Lipinski definition) is 4. The molecule has 2 N–H and O–H groups in total. The summed E-state index contributed by atoms with van der Waals surface area (Å²) in [5.74, 6) is -0.828. The lowest BCUT2D eigenvalue weighted by molar-refractivity contribution is -0.144. The van der Waals surface area contributed by atoms with Gasteiger partial charge in [0.05, 0.1) is 11.6 Å². The number of aromatic nitrogens is 1. The van der Waals surface area contributed by atoms with Crippen molar-refractivity contribution in [1.29, 1.82) is 0 Å². The van der Waals surface area contributed by atoms with Gasteiger partial charge in [0.25, 0.3) is 5.91 Å². The van der Waals surface area contributed by atoms with Gasteiger partial charge in [0, 0.05) is 6.54 Å². The number of amides is 1. The van der Waals surface area contributed by atoms with Gasteiger partial charge in [0.15, 0.2) is 0 Å². The minimum absolute atomic E-state index is 0.00504. The highest BCUT2D eigenvalue weighted by Crippen LogP contribution is 2.29. The SMILES string of the molecule is CCc1noc(C)c1C(=O)NCC1CCCCC1C(=O)O. The fourth-order valence-corrected chi connectivity index (χ4v) is 3.04. The van der Waals surface area contributed by atoms with Crippen LogP contribution in [0.1, 0.15) is 54.4 Å².